The van der Waals surface area contributed by atoms with E-state index >= 15 is 0 Å². The van der Waals surface area contributed by atoms with Gasteiger partial charge in [-0.1, -0.05) is 164 Å². The third kappa shape index (κ3) is 39.4. The number of hydrogen-bond donors (Lipinski definition) is 2. The molecule has 2 unspecified atom stereocenters. The van der Waals surface area contributed by atoms with E-state index in [4.69, 9.17) is 24.3 Å². The number of phosphoric acid groups is 1. The average Bonchev–Trinajstić information content (AvgIpc) is 3.16. The Kier molecular flexibility index (Phi) is 38.7. The number of nitrogens with two attached hydrogens (primary N) is 1. The summed E-state index contributed by atoms with van der Waals surface area (Å²) in [5.74, 6) is -0.852. The molecule has 0 radical (unpaired) electrons. The van der Waals surface area contributed by atoms with Crippen molar-refractivity contribution in [2.45, 2.75) is 180 Å². The van der Waals surface area contributed by atoms with Crippen molar-refractivity contribution >= 4 is 19.8 Å². The zero-order valence-electron chi connectivity index (χ0n) is 34.2. The lowest BCUT2D eigenvalue weighted by atomic mass is 10.0. The molecule has 9 nitrogen and oxygen atoms in total. The van der Waals surface area contributed by atoms with Crippen molar-refractivity contribution < 1.29 is 37.6 Å². The fourth-order valence-corrected chi connectivity index (χ4v) is 6.31. The molecule has 2 atom stereocenters. The molecule has 54 heavy (non-hydrogen) atoms. The van der Waals surface area contributed by atoms with Gasteiger partial charge in [-0.3, -0.25) is 18.6 Å². The van der Waals surface area contributed by atoms with Crippen LogP contribution in [0.15, 0.2) is 60.8 Å². The number of rotatable bonds is 39. The number of allylic oxidation sites excluding steroid dienone is 10. The van der Waals surface area contributed by atoms with Crippen molar-refractivity contribution in [2.75, 3.05) is 26.4 Å². The summed E-state index contributed by atoms with van der Waals surface area (Å²) in [7, 11) is -4.38. The SMILES string of the molecule is CC/C=C\C/C=C\C/C=C\C/C=C\C/C=C\CCCCCCCC(=O)OC(COC(=O)CCCCCCCCCCCCCC)COP(=O)(O)OCCN. The Morgan fingerprint density at radius 3 is 1.52 bits per heavy atom. The Bertz CT molecular complexity index is 1070. The van der Waals surface area contributed by atoms with Gasteiger partial charge in [-0.05, 0) is 57.8 Å². The Morgan fingerprint density at radius 1 is 0.574 bits per heavy atom. The van der Waals surface area contributed by atoms with Gasteiger partial charge in [0.15, 0.2) is 6.10 Å². The maximum absolute atomic E-state index is 12.6. The molecule has 0 aliphatic rings. The van der Waals surface area contributed by atoms with Gasteiger partial charge in [-0.2, -0.15) is 0 Å². The Labute approximate surface area is 329 Å². The van der Waals surface area contributed by atoms with Gasteiger partial charge < -0.3 is 20.1 Å². The molecule has 0 aromatic heterocycles. The van der Waals surface area contributed by atoms with E-state index in [0.717, 1.165) is 83.5 Å². The molecule has 3 N–H and O–H groups in total. The molecule has 0 fully saturated rings. The monoisotopic (exact) mass is 780 g/mol. The molecule has 0 heterocycles. The average molecular weight is 780 g/mol. The highest BCUT2D eigenvalue weighted by atomic mass is 31.2. The molecule has 0 aromatic rings. The van der Waals surface area contributed by atoms with Gasteiger partial charge in [0.05, 0.1) is 13.2 Å². The van der Waals surface area contributed by atoms with Crippen LogP contribution in [0.2, 0.25) is 0 Å². The highest BCUT2D eigenvalue weighted by Gasteiger charge is 2.26. The van der Waals surface area contributed by atoms with Gasteiger partial charge in [-0.25, -0.2) is 4.57 Å². The van der Waals surface area contributed by atoms with E-state index in [9.17, 15) is 19.0 Å². The van der Waals surface area contributed by atoms with Crippen LogP contribution in [0.1, 0.15) is 174 Å². The van der Waals surface area contributed by atoms with Crippen molar-refractivity contribution in [3.05, 3.63) is 60.8 Å². The zero-order chi connectivity index (χ0) is 39.6. The minimum Gasteiger partial charge on any atom is -0.462 e. The lowest BCUT2D eigenvalue weighted by Crippen LogP contribution is -2.29. The molecule has 0 aliphatic heterocycles. The number of carbonyl (C=O) groups excluding carboxylic acids is 2. The lowest BCUT2D eigenvalue weighted by Gasteiger charge is -2.19. The molecule has 10 heteroatoms. The number of unbranched alkanes of at least 4 members (excludes halogenated alkanes) is 16. The summed E-state index contributed by atoms with van der Waals surface area (Å²) in [5.41, 5.74) is 5.34. The van der Waals surface area contributed by atoms with Gasteiger partial charge in [-0.15, -0.1) is 0 Å². The van der Waals surface area contributed by atoms with Crippen molar-refractivity contribution in [2.24, 2.45) is 5.73 Å². The predicted molar refractivity (Wildman–Crippen MR) is 224 cm³/mol. The first kappa shape index (κ1) is 51.7. The van der Waals surface area contributed by atoms with Crippen molar-refractivity contribution in [1.82, 2.24) is 0 Å². The van der Waals surface area contributed by atoms with E-state index in [1.165, 1.54) is 57.8 Å². The fourth-order valence-electron chi connectivity index (χ4n) is 5.54. The molecule has 312 valence electrons. The normalized spacial score (nSPS) is 13.9. The summed E-state index contributed by atoms with van der Waals surface area (Å²) in [5, 5.41) is 0. The van der Waals surface area contributed by atoms with Crippen LogP contribution in [0.4, 0.5) is 0 Å². The smallest absolute Gasteiger partial charge is 0.462 e. The van der Waals surface area contributed by atoms with Crippen molar-refractivity contribution in [1.29, 1.82) is 0 Å². The van der Waals surface area contributed by atoms with Crippen LogP contribution >= 0.6 is 7.82 Å². The van der Waals surface area contributed by atoms with Gasteiger partial charge >= 0.3 is 19.8 Å². The topological polar surface area (TPSA) is 134 Å². The molecular weight excluding hydrogens is 701 g/mol. The van der Waals surface area contributed by atoms with E-state index in [2.05, 4.69) is 74.6 Å². The molecule has 0 spiro atoms. The summed E-state index contributed by atoms with van der Waals surface area (Å²) in [4.78, 5) is 34.8. The van der Waals surface area contributed by atoms with Crippen LogP contribution in [0, 0.1) is 0 Å². The molecular formula is C44H78NO8P. The number of hydrogen-bond acceptors (Lipinski definition) is 8. The first-order chi connectivity index (χ1) is 26.3. The molecule has 0 amide bonds. The predicted octanol–water partition coefficient (Wildman–Crippen LogP) is 12.1. The second-order valence-electron chi connectivity index (χ2n) is 13.8. The minimum absolute atomic E-state index is 0.0481. The zero-order valence-corrected chi connectivity index (χ0v) is 35.1. The lowest BCUT2D eigenvalue weighted by molar-refractivity contribution is -0.161. The number of carbonyl (C=O) groups is 2. The minimum atomic E-state index is -4.38. The molecule has 0 bridgehead atoms. The van der Waals surface area contributed by atoms with E-state index < -0.39 is 26.5 Å². The van der Waals surface area contributed by atoms with E-state index in [1.807, 2.05) is 0 Å². The van der Waals surface area contributed by atoms with Crippen molar-refractivity contribution in [3.8, 4) is 0 Å². The number of phosphoric ester groups is 1. The first-order valence-electron chi connectivity index (χ1n) is 21.3. The molecule has 0 aromatic carbocycles. The van der Waals surface area contributed by atoms with Crippen LogP contribution in [0.25, 0.3) is 0 Å². The van der Waals surface area contributed by atoms with Crippen molar-refractivity contribution in [3.63, 3.8) is 0 Å². The maximum Gasteiger partial charge on any atom is 0.472 e. The van der Waals surface area contributed by atoms with E-state index in [-0.39, 0.29) is 38.6 Å². The second kappa shape index (κ2) is 40.4. The standard InChI is InChI=1S/C44H78NO8P/c1-3-5-7-9-11-13-15-17-18-19-20-21-22-23-24-25-27-29-31-33-35-37-44(47)53-42(41-52-54(48,49)51-39-38-45)40-50-43(46)36-34-32-30-28-26-16-14-12-10-8-6-4-2/h5,7,11,13,17-18,20-21,23-24,42H,3-4,6,8-10,12,14-16,19,22,25-41,45H2,1-2H3,(H,48,49)/b7-5-,13-11-,18-17-,21-20-,24-23-. The van der Waals surface area contributed by atoms with Gasteiger partial charge in [0.1, 0.15) is 6.61 Å². The quantitative estimate of drug-likeness (QED) is 0.0270. The molecule has 0 saturated heterocycles. The van der Waals surface area contributed by atoms with Crippen LogP contribution in [-0.4, -0.2) is 49.3 Å². The Morgan fingerprint density at radius 2 is 1.02 bits per heavy atom. The highest BCUT2D eigenvalue weighted by molar-refractivity contribution is 7.47. The van der Waals surface area contributed by atoms with Gasteiger partial charge in [0, 0.05) is 19.4 Å². The Hall–Kier alpha value is -2.29. The number of esters is 2. The van der Waals surface area contributed by atoms with E-state index in [1.54, 1.807) is 0 Å². The summed E-state index contributed by atoms with van der Waals surface area (Å²) in [6.45, 7) is 3.58. The van der Waals surface area contributed by atoms with Gasteiger partial charge in [0.25, 0.3) is 0 Å². The van der Waals surface area contributed by atoms with Crippen LogP contribution in [0.5, 0.6) is 0 Å². The first-order valence-corrected chi connectivity index (χ1v) is 22.8. The fraction of sp³-hybridized carbons (Fsp3) is 0.727. The summed E-state index contributed by atoms with van der Waals surface area (Å²) >= 11 is 0. The summed E-state index contributed by atoms with van der Waals surface area (Å²) < 4.78 is 32.7. The maximum atomic E-state index is 12.6. The Balaban J connectivity index is 4.20. The summed E-state index contributed by atoms with van der Waals surface area (Å²) in [6.07, 6.45) is 46.7. The van der Waals surface area contributed by atoms with Crippen LogP contribution < -0.4 is 5.73 Å². The number of ether oxygens (including phenoxy) is 2. The third-order valence-electron chi connectivity index (χ3n) is 8.67. The summed E-state index contributed by atoms with van der Waals surface area (Å²) in [6, 6.07) is 0. The van der Waals surface area contributed by atoms with E-state index in [0.29, 0.717) is 6.42 Å². The van der Waals surface area contributed by atoms with Gasteiger partial charge in [0.2, 0.25) is 0 Å². The van der Waals surface area contributed by atoms with Crippen LogP contribution in [-0.2, 0) is 32.7 Å². The largest absolute Gasteiger partial charge is 0.472 e. The van der Waals surface area contributed by atoms with Crippen LogP contribution in [0.3, 0.4) is 0 Å². The molecule has 0 saturated carbocycles. The third-order valence-corrected chi connectivity index (χ3v) is 9.65. The molecule has 0 aliphatic carbocycles. The second-order valence-corrected chi connectivity index (χ2v) is 15.3. The molecule has 0 rings (SSSR count). The highest BCUT2D eigenvalue weighted by Crippen LogP contribution is 2.43.